The SMILES string of the molecule is CCC(=NOC)[C@@H]1C2CCC(C[C@@H]1c1ccc(F)cc1)N2CCCN(CCSC(c1ccccc1)(c1ccccc1)c1ccccc1)CC(=O)NCCSC(c1ccccc1)(c1ccccc1)c1ccccc1. The van der Waals surface area contributed by atoms with Gasteiger partial charge in [0.1, 0.15) is 12.9 Å². The van der Waals surface area contributed by atoms with Crippen molar-refractivity contribution in [3.63, 3.8) is 0 Å². The number of piperidine rings is 1. The Labute approximate surface area is 441 Å². The molecule has 1 N–H and O–H groups in total. The smallest absolute Gasteiger partial charge is 0.234 e. The van der Waals surface area contributed by atoms with E-state index >= 15 is 0 Å². The molecule has 0 spiro atoms. The molecule has 2 bridgehead atoms. The Balaban J connectivity index is 0.943. The van der Waals surface area contributed by atoms with Crippen molar-refractivity contribution in [2.75, 3.05) is 51.3 Å². The number of hydrogen-bond acceptors (Lipinski definition) is 7. The minimum Gasteiger partial charge on any atom is -0.399 e. The Morgan fingerprint density at radius 1 is 0.644 bits per heavy atom. The van der Waals surface area contributed by atoms with Crippen molar-refractivity contribution in [2.24, 2.45) is 11.1 Å². The van der Waals surface area contributed by atoms with E-state index in [1.165, 1.54) is 38.9 Å². The molecule has 7 aromatic carbocycles. The fourth-order valence-electron chi connectivity index (χ4n) is 11.9. The lowest BCUT2D eigenvalue weighted by molar-refractivity contribution is -0.122. The van der Waals surface area contributed by atoms with E-state index in [0.29, 0.717) is 25.2 Å². The van der Waals surface area contributed by atoms with Gasteiger partial charge in [0.25, 0.3) is 0 Å². The first-order valence-electron chi connectivity index (χ1n) is 26.2. The maximum absolute atomic E-state index is 14.4. The molecule has 9 rings (SSSR count). The standard InChI is InChI=1S/C64H69FN4O2S2/c1-3-59(67-71-2)62-58(49-35-37-56(65)38-36-49)47-57-39-40-60(62)69(57)43-22-42-68(44-46-73-64(53-29-16-7-17-30-53,54-31-18-8-19-32-54)55-33-20-9-21-34-55)48-61(70)66-41-45-72-63(50-23-10-4-11-24-50,51-25-12-5-13-26-51)52-27-14-6-15-28-52/h4-21,23-38,57-58,60,62H,3,22,39-48H2,1-2H3,(H,66,70)/t57?,58-,60?,62-/m1/s1. The summed E-state index contributed by atoms with van der Waals surface area (Å²) in [6, 6.07) is 72.7. The van der Waals surface area contributed by atoms with Crippen molar-refractivity contribution in [1.82, 2.24) is 15.1 Å². The number of amides is 1. The number of nitrogens with one attached hydrogen (secondary N) is 1. The molecule has 7 aromatic rings. The Hall–Kier alpha value is -5.97. The summed E-state index contributed by atoms with van der Waals surface area (Å²) in [5.41, 5.74) is 9.58. The number of rotatable bonds is 24. The van der Waals surface area contributed by atoms with E-state index in [4.69, 9.17) is 4.84 Å². The first kappa shape index (κ1) is 51.9. The quantitative estimate of drug-likeness (QED) is 0.0282. The van der Waals surface area contributed by atoms with E-state index in [-0.39, 0.29) is 23.6 Å². The summed E-state index contributed by atoms with van der Waals surface area (Å²) in [5.74, 6) is 1.78. The Bertz CT molecular complexity index is 2600. The Morgan fingerprint density at radius 2 is 1.10 bits per heavy atom. The van der Waals surface area contributed by atoms with Gasteiger partial charge in [0.15, 0.2) is 0 Å². The molecule has 4 atom stereocenters. The molecule has 0 aliphatic carbocycles. The molecule has 2 aliphatic rings. The summed E-state index contributed by atoms with van der Waals surface area (Å²) in [5, 5.41) is 8.00. The van der Waals surface area contributed by atoms with Crippen LogP contribution in [0.3, 0.4) is 0 Å². The van der Waals surface area contributed by atoms with Crippen molar-refractivity contribution in [3.8, 4) is 0 Å². The summed E-state index contributed by atoms with van der Waals surface area (Å²) < 4.78 is 13.3. The first-order chi connectivity index (χ1) is 35.9. The van der Waals surface area contributed by atoms with Crippen LogP contribution in [0, 0.1) is 11.7 Å². The number of nitrogens with zero attached hydrogens (tertiary/aromatic N) is 3. The second-order valence-corrected chi connectivity index (χ2v) is 21.9. The Morgan fingerprint density at radius 3 is 1.53 bits per heavy atom. The maximum atomic E-state index is 14.4. The Kier molecular flexibility index (Phi) is 18.0. The van der Waals surface area contributed by atoms with Crippen LogP contribution in [0.1, 0.15) is 83.9 Å². The van der Waals surface area contributed by atoms with Crippen LogP contribution in [0.15, 0.2) is 211 Å². The van der Waals surface area contributed by atoms with Crippen LogP contribution < -0.4 is 5.32 Å². The molecule has 1 amide bonds. The highest BCUT2D eigenvalue weighted by Gasteiger charge is 2.49. The monoisotopic (exact) mass is 1010 g/mol. The number of hydrogen-bond donors (Lipinski definition) is 1. The number of thioether (sulfide) groups is 2. The fraction of sp³-hybridized carbons (Fsp3) is 0.312. The van der Waals surface area contributed by atoms with Gasteiger partial charge in [-0.05, 0) is 102 Å². The minimum absolute atomic E-state index is 0.0411. The van der Waals surface area contributed by atoms with Gasteiger partial charge in [-0.1, -0.05) is 206 Å². The van der Waals surface area contributed by atoms with E-state index < -0.39 is 9.49 Å². The van der Waals surface area contributed by atoms with Crippen molar-refractivity contribution in [1.29, 1.82) is 0 Å². The van der Waals surface area contributed by atoms with Gasteiger partial charge in [-0.2, -0.15) is 0 Å². The molecule has 0 radical (unpaired) electrons. The van der Waals surface area contributed by atoms with Crippen LogP contribution in [0.2, 0.25) is 0 Å². The molecular weight excluding hydrogens is 940 g/mol. The molecule has 2 heterocycles. The molecule has 2 unspecified atom stereocenters. The highest BCUT2D eigenvalue weighted by atomic mass is 32.2. The lowest BCUT2D eigenvalue weighted by atomic mass is 9.73. The van der Waals surface area contributed by atoms with Gasteiger partial charge >= 0.3 is 0 Å². The summed E-state index contributed by atoms with van der Waals surface area (Å²) in [4.78, 5) is 25.0. The summed E-state index contributed by atoms with van der Waals surface area (Å²) in [6.07, 6.45) is 4.94. The maximum Gasteiger partial charge on any atom is 0.234 e. The van der Waals surface area contributed by atoms with E-state index in [2.05, 4.69) is 209 Å². The van der Waals surface area contributed by atoms with Crippen LogP contribution in [-0.2, 0) is 19.1 Å². The number of carbonyl (C=O) groups excluding carboxylic acids is 1. The fourth-order valence-corrected chi connectivity index (χ4v) is 14.9. The van der Waals surface area contributed by atoms with Crippen LogP contribution in [0.4, 0.5) is 4.39 Å². The van der Waals surface area contributed by atoms with E-state index in [9.17, 15) is 9.18 Å². The average Bonchev–Trinajstić information content (AvgIpc) is 3.73. The van der Waals surface area contributed by atoms with E-state index in [1.807, 2.05) is 35.7 Å². The molecule has 9 heteroatoms. The second-order valence-electron chi connectivity index (χ2n) is 19.3. The van der Waals surface area contributed by atoms with Gasteiger partial charge in [-0.15, -0.1) is 23.5 Å². The van der Waals surface area contributed by atoms with Gasteiger partial charge in [0.05, 0.1) is 21.8 Å². The predicted octanol–water partition coefficient (Wildman–Crippen LogP) is 13.4. The summed E-state index contributed by atoms with van der Waals surface area (Å²) in [6.45, 7) is 5.46. The van der Waals surface area contributed by atoms with Crippen molar-refractivity contribution >= 4 is 35.1 Å². The molecule has 376 valence electrons. The molecule has 0 aromatic heterocycles. The average molecular weight is 1010 g/mol. The molecule has 2 aliphatic heterocycles. The highest BCUT2D eigenvalue weighted by molar-refractivity contribution is 8.00. The molecule has 73 heavy (non-hydrogen) atoms. The molecule has 0 saturated carbocycles. The van der Waals surface area contributed by atoms with Gasteiger partial charge in [0, 0.05) is 42.6 Å². The number of benzene rings is 7. The predicted molar refractivity (Wildman–Crippen MR) is 303 cm³/mol. The zero-order valence-electron chi connectivity index (χ0n) is 42.3. The van der Waals surface area contributed by atoms with E-state index in [1.54, 1.807) is 19.2 Å². The van der Waals surface area contributed by atoms with Crippen LogP contribution in [-0.4, -0.2) is 84.8 Å². The third-order valence-corrected chi connectivity index (χ3v) is 18.2. The van der Waals surface area contributed by atoms with Gasteiger partial charge in [-0.25, -0.2) is 4.39 Å². The number of fused-ring (bicyclic) bond motifs is 2. The van der Waals surface area contributed by atoms with Crippen molar-refractivity contribution < 1.29 is 14.0 Å². The zero-order valence-corrected chi connectivity index (χ0v) is 43.9. The van der Waals surface area contributed by atoms with E-state index in [0.717, 1.165) is 69.0 Å². The molecule has 2 fully saturated rings. The van der Waals surface area contributed by atoms with Gasteiger partial charge in [-0.3, -0.25) is 14.6 Å². The topological polar surface area (TPSA) is 57.2 Å². The third kappa shape index (κ3) is 11.9. The zero-order chi connectivity index (χ0) is 50.3. The number of oxime groups is 1. The van der Waals surface area contributed by atoms with Gasteiger partial charge < -0.3 is 10.2 Å². The molecule has 2 saturated heterocycles. The van der Waals surface area contributed by atoms with Crippen LogP contribution in [0.5, 0.6) is 0 Å². The lowest BCUT2D eigenvalue weighted by Crippen LogP contribution is -2.51. The lowest BCUT2D eigenvalue weighted by Gasteiger charge is -2.45. The molecule has 6 nitrogen and oxygen atoms in total. The second kappa shape index (κ2) is 25.3. The number of carbonyl (C=O) groups is 1. The van der Waals surface area contributed by atoms with Crippen LogP contribution in [0.25, 0.3) is 0 Å². The molecular formula is C64H69FN4O2S2. The number of halogens is 1. The first-order valence-corrected chi connectivity index (χ1v) is 28.1. The van der Waals surface area contributed by atoms with Gasteiger partial charge in [0.2, 0.25) is 5.91 Å². The summed E-state index contributed by atoms with van der Waals surface area (Å²) >= 11 is 3.82. The normalized spacial score (nSPS) is 18.2. The third-order valence-electron chi connectivity index (χ3n) is 15.1. The highest BCUT2D eigenvalue weighted by Crippen LogP contribution is 2.51. The van der Waals surface area contributed by atoms with Crippen molar-refractivity contribution in [3.05, 3.63) is 251 Å². The van der Waals surface area contributed by atoms with Crippen molar-refractivity contribution in [2.45, 2.75) is 66.5 Å². The minimum atomic E-state index is -0.459. The largest absolute Gasteiger partial charge is 0.399 e. The summed E-state index contributed by atoms with van der Waals surface area (Å²) in [7, 11) is 1.64. The van der Waals surface area contributed by atoms with Crippen LogP contribution >= 0.6 is 23.5 Å².